The number of ether oxygens (including phenoxy) is 1. The minimum absolute atomic E-state index is 0.0331. The Balaban J connectivity index is 1.65. The van der Waals surface area contributed by atoms with Crippen LogP contribution in [0.15, 0.2) is 40.2 Å². The zero-order valence-corrected chi connectivity index (χ0v) is 13.4. The summed E-state index contributed by atoms with van der Waals surface area (Å²) in [6.07, 6.45) is 0.272. The van der Waals surface area contributed by atoms with Crippen molar-refractivity contribution < 1.29 is 9.53 Å². The van der Waals surface area contributed by atoms with E-state index in [0.717, 1.165) is 20.0 Å². The van der Waals surface area contributed by atoms with Crippen molar-refractivity contribution in [2.75, 3.05) is 7.05 Å². The maximum Gasteiger partial charge on any atom is 0.264 e. The molecule has 3 rings (SSSR count). The highest BCUT2D eigenvalue weighted by molar-refractivity contribution is 9.11. The smallest absolute Gasteiger partial charge is 0.264 e. The quantitative estimate of drug-likeness (QED) is 0.847. The molecule has 0 radical (unpaired) electrons. The Kier molecular flexibility index (Phi) is 3.81. The van der Waals surface area contributed by atoms with Crippen molar-refractivity contribution in [2.24, 2.45) is 0 Å². The van der Waals surface area contributed by atoms with Crippen LogP contribution in [0.5, 0.6) is 5.75 Å². The van der Waals surface area contributed by atoms with E-state index in [9.17, 15) is 4.79 Å². The normalized spacial score (nSPS) is 16.6. The first kappa shape index (κ1) is 13.6. The third-order valence-electron chi connectivity index (χ3n) is 3.32. The van der Waals surface area contributed by atoms with E-state index in [-0.39, 0.29) is 12.0 Å². The standard InChI is InChI=1S/C15H14BrNO2S/c1-17(9-11-6-7-14(16)20-11)15(18)13-8-10-4-2-3-5-12(10)19-13/h2-7,13H,8-9H2,1H3. The summed E-state index contributed by atoms with van der Waals surface area (Å²) in [5.74, 6) is 0.865. The highest BCUT2D eigenvalue weighted by Gasteiger charge is 2.30. The van der Waals surface area contributed by atoms with Crippen molar-refractivity contribution in [3.63, 3.8) is 0 Å². The molecule has 5 heteroatoms. The molecule has 1 aromatic carbocycles. The molecule has 3 nitrogen and oxygen atoms in total. The summed E-state index contributed by atoms with van der Waals surface area (Å²) in [5, 5.41) is 0. The van der Waals surface area contributed by atoms with Crippen LogP contribution >= 0.6 is 27.3 Å². The van der Waals surface area contributed by atoms with Gasteiger partial charge in [-0.15, -0.1) is 11.3 Å². The number of rotatable bonds is 3. The largest absolute Gasteiger partial charge is 0.480 e. The van der Waals surface area contributed by atoms with E-state index < -0.39 is 0 Å². The molecule has 20 heavy (non-hydrogen) atoms. The molecule has 104 valence electrons. The number of para-hydroxylation sites is 1. The fourth-order valence-electron chi connectivity index (χ4n) is 2.31. The summed E-state index contributed by atoms with van der Waals surface area (Å²) < 4.78 is 6.82. The van der Waals surface area contributed by atoms with Crippen molar-refractivity contribution in [3.05, 3.63) is 50.6 Å². The van der Waals surface area contributed by atoms with E-state index in [4.69, 9.17) is 4.74 Å². The maximum absolute atomic E-state index is 12.4. The second kappa shape index (κ2) is 5.58. The SMILES string of the molecule is CN(Cc1ccc(Br)s1)C(=O)C1Cc2ccccc2O1. The number of thiophene rings is 1. The topological polar surface area (TPSA) is 29.5 Å². The second-order valence-electron chi connectivity index (χ2n) is 4.82. The Morgan fingerprint density at radius 2 is 2.20 bits per heavy atom. The molecular formula is C15H14BrNO2S. The summed E-state index contributed by atoms with van der Waals surface area (Å²) in [5.41, 5.74) is 1.11. The Morgan fingerprint density at radius 1 is 1.40 bits per heavy atom. The monoisotopic (exact) mass is 351 g/mol. The number of carbonyl (C=O) groups is 1. The molecule has 0 bridgehead atoms. The molecule has 1 aliphatic heterocycles. The summed E-state index contributed by atoms with van der Waals surface area (Å²) in [6.45, 7) is 0.616. The first-order valence-corrected chi connectivity index (χ1v) is 7.98. The molecule has 0 saturated carbocycles. The average Bonchev–Trinajstić information content (AvgIpc) is 3.03. The lowest BCUT2D eigenvalue weighted by Crippen LogP contribution is -2.38. The fourth-order valence-corrected chi connectivity index (χ4v) is 3.85. The third-order valence-corrected chi connectivity index (χ3v) is 4.93. The van der Waals surface area contributed by atoms with E-state index >= 15 is 0 Å². The van der Waals surface area contributed by atoms with Gasteiger partial charge in [0.25, 0.3) is 5.91 Å². The van der Waals surface area contributed by atoms with Crippen LogP contribution in [-0.4, -0.2) is 24.0 Å². The van der Waals surface area contributed by atoms with Crippen LogP contribution in [0.25, 0.3) is 0 Å². The summed E-state index contributed by atoms with van der Waals surface area (Å²) in [6, 6.07) is 11.9. The molecule has 2 heterocycles. The van der Waals surface area contributed by atoms with Crippen molar-refractivity contribution >= 4 is 33.2 Å². The van der Waals surface area contributed by atoms with Gasteiger partial charge < -0.3 is 9.64 Å². The number of nitrogens with zero attached hydrogens (tertiary/aromatic N) is 1. The fraction of sp³-hybridized carbons (Fsp3) is 0.267. The average molecular weight is 352 g/mol. The molecule has 1 aromatic heterocycles. The highest BCUT2D eigenvalue weighted by atomic mass is 79.9. The molecule has 1 atom stereocenters. The first-order chi connectivity index (χ1) is 9.63. The lowest BCUT2D eigenvalue weighted by Gasteiger charge is -2.20. The van der Waals surface area contributed by atoms with Crippen LogP contribution < -0.4 is 4.74 Å². The van der Waals surface area contributed by atoms with Gasteiger partial charge in [0.05, 0.1) is 10.3 Å². The van der Waals surface area contributed by atoms with Crippen LogP contribution in [-0.2, 0) is 17.8 Å². The predicted octanol–water partition coefficient (Wildman–Crippen LogP) is 3.47. The number of carbonyl (C=O) groups excluding carboxylic acids is 1. The molecule has 1 amide bonds. The van der Waals surface area contributed by atoms with Gasteiger partial charge in [-0.2, -0.15) is 0 Å². The summed E-state index contributed by atoms with van der Waals surface area (Å²) in [4.78, 5) is 15.3. The van der Waals surface area contributed by atoms with Gasteiger partial charge >= 0.3 is 0 Å². The lowest BCUT2D eigenvalue weighted by molar-refractivity contribution is -0.137. The number of hydrogen-bond acceptors (Lipinski definition) is 3. The van der Waals surface area contributed by atoms with Crippen LogP contribution in [0, 0.1) is 0 Å². The van der Waals surface area contributed by atoms with E-state index in [1.807, 2.05) is 43.4 Å². The predicted molar refractivity (Wildman–Crippen MR) is 83.1 cm³/mol. The van der Waals surface area contributed by atoms with E-state index in [1.54, 1.807) is 16.2 Å². The van der Waals surface area contributed by atoms with E-state index in [1.165, 1.54) is 0 Å². The molecule has 0 fully saturated rings. The van der Waals surface area contributed by atoms with E-state index in [2.05, 4.69) is 15.9 Å². The molecule has 1 aliphatic rings. The number of benzene rings is 1. The Labute approximate surface area is 130 Å². The van der Waals surface area contributed by atoms with Crippen molar-refractivity contribution in [1.29, 1.82) is 0 Å². The number of hydrogen-bond donors (Lipinski definition) is 0. The summed E-state index contributed by atoms with van der Waals surface area (Å²) in [7, 11) is 1.82. The summed E-state index contributed by atoms with van der Waals surface area (Å²) >= 11 is 5.08. The zero-order chi connectivity index (χ0) is 14.1. The minimum Gasteiger partial charge on any atom is -0.480 e. The molecule has 1 unspecified atom stereocenters. The third kappa shape index (κ3) is 2.74. The van der Waals surface area contributed by atoms with Gasteiger partial charge in [0.15, 0.2) is 6.10 Å². The minimum atomic E-state index is -0.388. The van der Waals surface area contributed by atoms with Crippen molar-refractivity contribution in [3.8, 4) is 5.75 Å². The number of halogens is 1. The molecule has 0 saturated heterocycles. The van der Waals surface area contributed by atoms with Crippen molar-refractivity contribution in [2.45, 2.75) is 19.1 Å². The Morgan fingerprint density at radius 3 is 2.90 bits per heavy atom. The first-order valence-electron chi connectivity index (χ1n) is 6.37. The van der Waals surface area contributed by atoms with Crippen LogP contribution in [0.4, 0.5) is 0 Å². The van der Waals surface area contributed by atoms with Crippen LogP contribution in [0.1, 0.15) is 10.4 Å². The maximum atomic E-state index is 12.4. The van der Waals surface area contributed by atoms with Gasteiger partial charge in [-0.3, -0.25) is 4.79 Å². The van der Waals surface area contributed by atoms with Crippen LogP contribution in [0.2, 0.25) is 0 Å². The highest BCUT2D eigenvalue weighted by Crippen LogP contribution is 2.29. The van der Waals surface area contributed by atoms with Gasteiger partial charge in [-0.05, 0) is 39.7 Å². The molecule has 0 N–H and O–H groups in total. The van der Waals surface area contributed by atoms with Gasteiger partial charge in [0, 0.05) is 18.3 Å². The zero-order valence-electron chi connectivity index (χ0n) is 11.0. The number of amides is 1. The lowest BCUT2D eigenvalue weighted by atomic mass is 10.1. The van der Waals surface area contributed by atoms with Crippen LogP contribution in [0.3, 0.4) is 0 Å². The van der Waals surface area contributed by atoms with Gasteiger partial charge in [0.1, 0.15) is 5.75 Å². The second-order valence-corrected chi connectivity index (χ2v) is 7.37. The number of fused-ring (bicyclic) bond motifs is 1. The molecular weight excluding hydrogens is 338 g/mol. The van der Waals surface area contributed by atoms with Crippen molar-refractivity contribution in [1.82, 2.24) is 4.90 Å². The Bertz CT molecular complexity index is 615. The number of likely N-dealkylation sites (N-methyl/N-ethyl adjacent to an activating group) is 1. The van der Waals surface area contributed by atoms with Gasteiger partial charge in [-0.25, -0.2) is 0 Å². The van der Waals surface area contributed by atoms with E-state index in [0.29, 0.717) is 13.0 Å². The molecule has 0 aliphatic carbocycles. The molecule has 0 spiro atoms. The molecule has 2 aromatic rings. The van der Waals surface area contributed by atoms with Gasteiger partial charge in [0.2, 0.25) is 0 Å². The van der Waals surface area contributed by atoms with Gasteiger partial charge in [-0.1, -0.05) is 18.2 Å². The Hall–Kier alpha value is -1.33.